The Kier molecular flexibility index (Phi) is 3.74. The number of halogens is 1. The van der Waals surface area contributed by atoms with E-state index in [0.29, 0.717) is 16.4 Å². The summed E-state index contributed by atoms with van der Waals surface area (Å²) in [7, 11) is 0. The van der Waals surface area contributed by atoms with Crippen molar-refractivity contribution in [3.8, 4) is 5.82 Å². The Morgan fingerprint density at radius 1 is 1.50 bits per heavy atom. The molecule has 2 aromatic heterocycles. The van der Waals surface area contributed by atoms with Crippen molar-refractivity contribution in [2.75, 3.05) is 6.54 Å². The molecule has 92 valence electrons. The summed E-state index contributed by atoms with van der Waals surface area (Å²) in [5.41, 5.74) is 0.469. The van der Waals surface area contributed by atoms with Crippen LogP contribution in [0.1, 0.15) is 10.4 Å². The fourth-order valence-corrected chi connectivity index (χ4v) is 1.41. The fraction of sp³-hybridized carbons (Fsp3) is 0.0833. The van der Waals surface area contributed by atoms with Gasteiger partial charge in [-0.05, 0) is 12.1 Å². The van der Waals surface area contributed by atoms with Crippen molar-refractivity contribution in [1.29, 1.82) is 0 Å². The third-order valence-electron chi connectivity index (χ3n) is 2.22. The Balaban J connectivity index is 2.08. The van der Waals surface area contributed by atoms with Crippen molar-refractivity contribution in [1.82, 2.24) is 19.9 Å². The van der Waals surface area contributed by atoms with Gasteiger partial charge in [-0.1, -0.05) is 18.2 Å². The maximum Gasteiger partial charge on any atom is 0.253 e. The lowest BCUT2D eigenvalue weighted by atomic mass is 10.2. The summed E-state index contributed by atoms with van der Waals surface area (Å²) >= 11 is 5.57. The van der Waals surface area contributed by atoms with Crippen LogP contribution in [0.25, 0.3) is 5.82 Å². The largest absolute Gasteiger partial charge is 0.347 e. The highest BCUT2D eigenvalue weighted by molar-refractivity contribution is 6.29. The summed E-state index contributed by atoms with van der Waals surface area (Å²) in [6, 6.07) is 3.43. The zero-order valence-electron chi connectivity index (χ0n) is 9.51. The number of carbonyl (C=O) groups is 1. The van der Waals surface area contributed by atoms with Crippen LogP contribution in [0.15, 0.2) is 48.7 Å². The fourth-order valence-electron chi connectivity index (χ4n) is 1.35. The molecular weight excluding hydrogens is 252 g/mol. The van der Waals surface area contributed by atoms with E-state index in [4.69, 9.17) is 11.6 Å². The van der Waals surface area contributed by atoms with Crippen LogP contribution < -0.4 is 5.32 Å². The minimum Gasteiger partial charge on any atom is -0.347 e. The first-order valence-electron chi connectivity index (χ1n) is 5.22. The minimum absolute atomic E-state index is 0.235. The van der Waals surface area contributed by atoms with Crippen LogP contribution in [-0.4, -0.2) is 27.0 Å². The van der Waals surface area contributed by atoms with E-state index in [1.54, 1.807) is 35.4 Å². The number of nitrogens with zero attached hydrogens (tertiary/aromatic N) is 3. The zero-order chi connectivity index (χ0) is 13.0. The summed E-state index contributed by atoms with van der Waals surface area (Å²) in [5.74, 6) is 0.465. The van der Waals surface area contributed by atoms with Crippen LogP contribution in [0.3, 0.4) is 0 Å². The summed E-state index contributed by atoms with van der Waals surface area (Å²) in [6.45, 7) is 3.73. The SMILES string of the molecule is C=C(Cl)CNC(=O)c1ccc(-n2ccnc2)nc1. The second-order valence-corrected chi connectivity index (χ2v) is 4.11. The van der Waals surface area contributed by atoms with Gasteiger partial charge in [-0.3, -0.25) is 9.36 Å². The van der Waals surface area contributed by atoms with Gasteiger partial charge in [-0.15, -0.1) is 0 Å². The van der Waals surface area contributed by atoms with E-state index in [9.17, 15) is 4.79 Å². The lowest BCUT2D eigenvalue weighted by Crippen LogP contribution is -2.24. The second kappa shape index (κ2) is 5.46. The molecule has 0 aliphatic rings. The molecule has 0 fully saturated rings. The van der Waals surface area contributed by atoms with Crippen molar-refractivity contribution < 1.29 is 4.79 Å². The Hall–Kier alpha value is -2.14. The number of hydrogen-bond donors (Lipinski definition) is 1. The van der Waals surface area contributed by atoms with Gasteiger partial charge in [-0.2, -0.15) is 0 Å². The van der Waals surface area contributed by atoms with Crippen LogP contribution in [0.4, 0.5) is 0 Å². The third-order valence-corrected chi connectivity index (χ3v) is 2.35. The molecule has 0 saturated heterocycles. The lowest BCUT2D eigenvalue weighted by molar-refractivity contribution is 0.0957. The number of imidazole rings is 1. The van der Waals surface area contributed by atoms with Gasteiger partial charge >= 0.3 is 0 Å². The molecule has 0 saturated carbocycles. The maximum atomic E-state index is 11.7. The van der Waals surface area contributed by atoms with E-state index in [0.717, 1.165) is 0 Å². The third kappa shape index (κ3) is 2.95. The second-order valence-electron chi connectivity index (χ2n) is 3.57. The molecule has 0 spiro atoms. The molecule has 6 heteroatoms. The number of carbonyl (C=O) groups excluding carboxylic acids is 1. The number of hydrogen-bond acceptors (Lipinski definition) is 3. The van der Waals surface area contributed by atoms with Crippen LogP contribution >= 0.6 is 11.6 Å². The van der Waals surface area contributed by atoms with Gasteiger partial charge in [0.25, 0.3) is 5.91 Å². The highest BCUT2D eigenvalue weighted by atomic mass is 35.5. The molecule has 0 bridgehead atoms. The van der Waals surface area contributed by atoms with Crippen LogP contribution in [0, 0.1) is 0 Å². The van der Waals surface area contributed by atoms with E-state index in [1.807, 2.05) is 0 Å². The quantitative estimate of drug-likeness (QED) is 0.913. The first-order chi connectivity index (χ1) is 8.66. The molecular formula is C12H11ClN4O. The topological polar surface area (TPSA) is 59.8 Å². The van der Waals surface area contributed by atoms with Gasteiger partial charge in [0, 0.05) is 23.6 Å². The first-order valence-corrected chi connectivity index (χ1v) is 5.60. The van der Waals surface area contributed by atoms with Crippen molar-refractivity contribution in [3.63, 3.8) is 0 Å². The average Bonchev–Trinajstić information content (AvgIpc) is 2.90. The van der Waals surface area contributed by atoms with E-state index < -0.39 is 0 Å². The molecule has 0 radical (unpaired) electrons. The Labute approximate surface area is 109 Å². The molecule has 5 nitrogen and oxygen atoms in total. The minimum atomic E-state index is -0.235. The molecule has 0 unspecified atom stereocenters. The molecule has 0 aliphatic heterocycles. The predicted octanol–water partition coefficient (Wildman–Crippen LogP) is 1.75. The van der Waals surface area contributed by atoms with Crippen molar-refractivity contribution in [2.24, 2.45) is 0 Å². The molecule has 0 atom stereocenters. The Bertz CT molecular complexity index is 548. The number of amides is 1. The summed E-state index contributed by atoms with van der Waals surface area (Å²) < 4.78 is 1.75. The Morgan fingerprint density at radius 3 is 2.89 bits per heavy atom. The maximum absolute atomic E-state index is 11.7. The van der Waals surface area contributed by atoms with Crippen LogP contribution in [0.2, 0.25) is 0 Å². The van der Waals surface area contributed by atoms with Gasteiger partial charge in [0.1, 0.15) is 12.1 Å². The monoisotopic (exact) mass is 262 g/mol. The van der Waals surface area contributed by atoms with Crippen molar-refractivity contribution >= 4 is 17.5 Å². The van der Waals surface area contributed by atoms with Gasteiger partial charge in [0.2, 0.25) is 0 Å². The van der Waals surface area contributed by atoms with Gasteiger partial charge in [0.05, 0.1) is 12.1 Å². The van der Waals surface area contributed by atoms with E-state index in [-0.39, 0.29) is 12.5 Å². The standard InChI is InChI=1S/C12H11ClN4O/c1-9(13)6-16-12(18)10-2-3-11(15-7-10)17-5-4-14-8-17/h2-5,7-8H,1,6H2,(H,16,18). The predicted molar refractivity (Wildman–Crippen MR) is 68.7 cm³/mol. The van der Waals surface area contributed by atoms with Gasteiger partial charge < -0.3 is 5.32 Å². The number of nitrogens with one attached hydrogen (secondary N) is 1. The van der Waals surface area contributed by atoms with Crippen molar-refractivity contribution in [2.45, 2.75) is 0 Å². The van der Waals surface area contributed by atoms with E-state index in [1.165, 1.54) is 6.20 Å². The molecule has 0 aromatic carbocycles. The Morgan fingerprint density at radius 2 is 2.33 bits per heavy atom. The summed E-state index contributed by atoms with van der Waals surface area (Å²) in [4.78, 5) is 19.8. The smallest absolute Gasteiger partial charge is 0.253 e. The number of rotatable bonds is 4. The summed E-state index contributed by atoms with van der Waals surface area (Å²) in [5, 5.41) is 3.00. The van der Waals surface area contributed by atoms with Crippen molar-refractivity contribution in [3.05, 3.63) is 54.2 Å². The molecule has 1 N–H and O–H groups in total. The summed E-state index contributed by atoms with van der Waals surface area (Å²) in [6.07, 6.45) is 6.58. The molecule has 2 heterocycles. The first kappa shape index (κ1) is 12.3. The molecule has 0 aliphatic carbocycles. The highest BCUT2D eigenvalue weighted by Gasteiger charge is 2.06. The van der Waals surface area contributed by atoms with Gasteiger partial charge in [0.15, 0.2) is 0 Å². The normalized spacial score (nSPS) is 10.1. The highest BCUT2D eigenvalue weighted by Crippen LogP contribution is 2.05. The molecule has 2 rings (SSSR count). The number of pyridine rings is 1. The van der Waals surface area contributed by atoms with Crippen LogP contribution in [-0.2, 0) is 0 Å². The lowest BCUT2D eigenvalue weighted by Gasteiger charge is -2.05. The molecule has 18 heavy (non-hydrogen) atoms. The average molecular weight is 263 g/mol. The zero-order valence-corrected chi connectivity index (χ0v) is 10.3. The van der Waals surface area contributed by atoms with Gasteiger partial charge in [-0.25, -0.2) is 9.97 Å². The van der Waals surface area contributed by atoms with Crippen LogP contribution in [0.5, 0.6) is 0 Å². The molecule has 2 aromatic rings. The molecule has 1 amide bonds. The van der Waals surface area contributed by atoms with E-state index >= 15 is 0 Å². The van der Waals surface area contributed by atoms with E-state index in [2.05, 4.69) is 21.9 Å². The number of aromatic nitrogens is 3.